The van der Waals surface area contributed by atoms with Gasteiger partial charge in [0.25, 0.3) is 0 Å². The molecule has 1 amide bonds. The molecule has 35 heavy (non-hydrogen) atoms. The maximum absolute atomic E-state index is 12.4. The minimum Gasteiger partial charge on any atom is -0.481 e. The summed E-state index contributed by atoms with van der Waals surface area (Å²) in [6.07, 6.45) is 10.8. The first-order valence-corrected chi connectivity index (χ1v) is 13.9. The van der Waals surface area contributed by atoms with Crippen molar-refractivity contribution in [2.45, 2.75) is 110 Å². The number of carboxylic acids is 2. The molecule has 0 aromatic heterocycles. The number of aliphatic carboxylic acids is 2. The highest BCUT2D eigenvalue weighted by atomic mass is 16.4. The van der Waals surface area contributed by atoms with Crippen LogP contribution in [0.1, 0.15) is 97.8 Å². The highest BCUT2D eigenvalue weighted by molar-refractivity contribution is 5.86. The van der Waals surface area contributed by atoms with E-state index in [0.29, 0.717) is 35.0 Å². The number of nitrogens with one attached hydrogen (secondary N) is 1. The summed E-state index contributed by atoms with van der Waals surface area (Å²) >= 11 is 0. The summed E-state index contributed by atoms with van der Waals surface area (Å²) in [6.45, 7) is 7.25. The van der Waals surface area contributed by atoms with E-state index in [2.05, 4.69) is 26.1 Å². The third-order valence-corrected chi connectivity index (χ3v) is 11.2. The number of carbonyl (C=O) groups is 3. The van der Waals surface area contributed by atoms with E-state index in [1.54, 1.807) is 0 Å². The van der Waals surface area contributed by atoms with E-state index in [4.69, 9.17) is 5.11 Å². The summed E-state index contributed by atoms with van der Waals surface area (Å²) in [7, 11) is 0. The van der Waals surface area contributed by atoms with Gasteiger partial charge in [0, 0.05) is 6.42 Å². The number of carbonyl (C=O) groups excluding carboxylic acids is 1. The normalized spacial score (nSPS) is 42.2. The minimum atomic E-state index is -1.38. The largest absolute Gasteiger partial charge is 0.481 e. The van der Waals surface area contributed by atoms with Crippen LogP contribution in [0.4, 0.5) is 0 Å². The number of aliphatic hydroxyl groups excluding tert-OH is 1. The number of amides is 1. The van der Waals surface area contributed by atoms with Crippen LogP contribution >= 0.6 is 0 Å². The van der Waals surface area contributed by atoms with Gasteiger partial charge >= 0.3 is 11.9 Å². The van der Waals surface area contributed by atoms with Crippen LogP contribution in [0.15, 0.2) is 0 Å². The van der Waals surface area contributed by atoms with Gasteiger partial charge in [-0.15, -0.1) is 0 Å². The zero-order valence-electron chi connectivity index (χ0n) is 21.7. The van der Waals surface area contributed by atoms with Gasteiger partial charge in [-0.1, -0.05) is 20.8 Å². The maximum Gasteiger partial charge on any atom is 0.326 e. The minimum absolute atomic E-state index is 0.109. The van der Waals surface area contributed by atoms with Crippen molar-refractivity contribution in [1.29, 1.82) is 0 Å². The Balaban J connectivity index is 1.36. The van der Waals surface area contributed by atoms with Gasteiger partial charge in [-0.25, -0.2) is 4.79 Å². The molecular weight excluding hydrogens is 446 g/mol. The number of aliphatic hydroxyl groups is 1. The summed E-state index contributed by atoms with van der Waals surface area (Å²) in [6, 6.07) is -1.38. The molecule has 4 saturated carbocycles. The molecule has 7 heteroatoms. The third-order valence-electron chi connectivity index (χ3n) is 11.2. The Hall–Kier alpha value is -1.63. The lowest BCUT2D eigenvalue weighted by Gasteiger charge is -2.61. The van der Waals surface area contributed by atoms with Crippen LogP contribution in [0.2, 0.25) is 0 Å². The smallest absolute Gasteiger partial charge is 0.326 e. The lowest BCUT2D eigenvalue weighted by molar-refractivity contribution is -0.147. The molecule has 0 saturated heterocycles. The first-order valence-electron chi connectivity index (χ1n) is 13.9. The van der Waals surface area contributed by atoms with Crippen molar-refractivity contribution >= 4 is 17.8 Å². The summed E-state index contributed by atoms with van der Waals surface area (Å²) < 4.78 is 0. The Morgan fingerprint density at radius 2 is 1.63 bits per heavy atom. The van der Waals surface area contributed by atoms with Gasteiger partial charge in [0.2, 0.25) is 5.91 Å². The zero-order valence-corrected chi connectivity index (χ0v) is 21.7. The molecule has 0 aliphatic heterocycles. The monoisotopic (exact) mass is 491 g/mol. The first-order chi connectivity index (χ1) is 16.5. The second kappa shape index (κ2) is 10.0. The van der Waals surface area contributed by atoms with Crippen LogP contribution in [0.3, 0.4) is 0 Å². The maximum atomic E-state index is 12.4. The van der Waals surface area contributed by atoms with Crippen LogP contribution in [0, 0.1) is 46.3 Å². The molecule has 4 aliphatic carbocycles. The lowest BCUT2D eigenvalue weighted by atomic mass is 9.44. The standard InChI is InChI=1S/C28H45NO6/c1-16(4-9-24(31)29-23(26(34)35)15-25(32)33)20-7-8-21-19-6-5-17-14-18(30)10-12-27(17,2)22(19)11-13-28(20,21)3/h16-23,30H,4-15H2,1-3H3,(H,29,31)(H,32,33)(H,34,35)/t16?,17-,18-,19+,20-,21+,22+,23?,27+,28-/m1/s1. The average molecular weight is 492 g/mol. The van der Waals surface area contributed by atoms with E-state index in [-0.39, 0.29) is 18.4 Å². The van der Waals surface area contributed by atoms with E-state index < -0.39 is 24.4 Å². The second-order valence-electron chi connectivity index (χ2n) is 12.9. The van der Waals surface area contributed by atoms with Gasteiger partial charge in [-0.2, -0.15) is 0 Å². The molecule has 2 unspecified atom stereocenters. The Morgan fingerprint density at radius 1 is 0.943 bits per heavy atom. The Labute approximate surface area is 209 Å². The van der Waals surface area contributed by atoms with Crippen LogP contribution < -0.4 is 5.32 Å². The fourth-order valence-electron chi connectivity index (χ4n) is 9.41. The molecule has 0 heterocycles. The number of fused-ring (bicyclic) bond motifs is 5. The van der Waals surface area contributed by atoms with Crippen LogP contribution in [0.25, 0.3) is 0 Å². The molecule has 0 aromatic carbocycles. The lowest BCUT2D eigenvalue weighted by Crippen LogP contribution is -2.54. The number of carboxylic acid groups (broad SMARTS) is 2. The molecule has 4 fully saturated rings. The highest BCUT2D eigenvalue weighted by Crippen LogP contribution is 2.68. The highest BCUT2D eigenvalue weighted by Gasteiger charge is 2.60. The quantitative estimate of drug-likeness (QED) is 0.397. The van der Waals surface area contributed by atoms with Crippen molar-refractivity contribution in [2.24, 2.45) is 46.3 Å². The predicted molar refractivity (Wildman–Crippen MR) is 131 cm³/mol. The molecule has 0 radical (unpaired) electrons. The Kier molecular flexibility index (Phi) is 7.57. The molecule has 4 rings (SSSR count). The average Bonchev–Trinajstić information content (AvgIpc) is 3.14. The van der Waals surface area contributed by atoms with Crippen molar-refractivity contribution < 1.29 is 29.7 Å². The van der Waals surface area contributed by atoms with Crippen LogP contribution in [-0.4, -0.2) is 45.3 Å². The van der Waals surface area contributed by atoms with E-state index >= 15 is 0 Å². The molecule has 0 aromatic rings. The SMILES string of the molecule is CC(CCC(=O)NC(CC(=O)O)C(=O)O)[C@H]1CC[C@H]2[C@@H]3CC[C@@H]4C[C@H](O)CC[C@]4(C)[C@H]3CC[C@]12C. The van der Waals surface area contributed by atoms with Gasteiger partial charge in [0.05, 0.1) is 12.5 Å². The summed E-state index contributed by atoms with van der Waals surface area (Å²) in [5.41, 5.74) is 0.670. The van der Waals surface area contributed by atoms with Gasteiger partial charge in [-0.3, -0.25) is 9.59 Å². The Morgan fingerprint density at radius 3 is 2.31 bits per heavy atom. The van der Waals surface area contributed by atoms with Crippen molar-refractivity contribution in [3.05, 3.63) is 0 Å². The van der Waals surface area contributed by atoms with Gasteiger partial charge in [0.15, 0.2) is 0 Å². The molecular formula is C28H45NO6. The molecule has 198 valence electrons. The molecule has 7 nitrogen and oxygen atoms in total. The molecule has 4 N–H and O–H groups in total. The summed E-state index contributed by atoms with van der Waals surface area (Å²) in [5, 5.41) is 30.7. The van der Waals surface area contributed by atoms with E-state index in [1.165, 1.54) is 38.5 Å². The number of hydrogen-bond acceptors (Lipinski definition) is 4. The molecule has 0 spiro atoms. The summed E-state index contributed by atoms with van der Waals surface area (Å²) in [5.74, 6) is 0.959. The fraction of sp³-hybridized carbons (Fsp3) is 0.893. The second-order valence-corrected chi connectivity index (χ2v) is 12.9. The molecule has 4 aliphatic rings. The van der Waals surface area contributed by atoms with Crippen molar-refractivity contribution in [2.75, 3.05) is 0 Å². The third kappa shape index (κ3) is 4.99. The van der Waals surface area contributed by atoms with Crippen molar-refractivity contribution in [3.63, 3.8) is 0 Å². The van der Waals surface area contributed by atoms with Crippen LogP contribution in [-0.2, 0) is 14.4 Å². The topological polar surface area (TPSA) is 124 Å². The fourth-order valence-corrected chi connectivity index (χ4v) is 9.41. The molecule has 0 bridgehead atoms. The Bertz CT molecular complexity index is 830. The van der Waals surface area contributed by atoms with Crippen molar-refractivity contribution in [3.8, 4) is 0 Å². The first kappa shape index (κ1) is 26.4. The van der Waals surface area contributed by atoms with Crippen molar-refractivity contribution in [1.82, 2.24) is 5.32 Å². The van der Waals surface area contributed by atoms with E-state index in [0.717, 1.165) is 37.0 Å². The zero-order chi connectivity index (χ0) is 25.5. The van der Waals surface area contributed by atoms with E-state index in [1.807, 2.05) is 0 Å². The van der Waals surface area contributed by atoms with Gasteiger partial charge in [0.1, 0.15) is 6.04 Å². The summed E-state index contributed by atoms with van der Waals surface area (Å²) in [4.78, 5) is 34.6. The number of rotatable bonds is 8. The van der Waals surface area contributed by atoms with Gasteiger partial charge in [-0.05, 0) is 111 Å². The predicted octanol–water partition coefficient (Wildman–Crippen LogP) is 4.47. The van der Waals surface area contributed by atoms with Crippen LogP contribution in [0.5, 0.6) is 0 Å². The number of hydrogen-bond donors (Lipinski definition) is 4. The molecule has 10 atom stereocenters. The van der Waals surface area contributed by atoms with E-state index in [9.17, 15) is 24.6 Å². The van der Waals surface area contributed by atoms with Gasteiger partial charge < -0.3 is 20.6 Å².